The Kier molecular flexibility index (Phi) is 5.12. The maximum Gasteiger partial charge on any atom is 0.225 e. The predicted octanol–water partition coefficient (Wildman–Crippen LogP) is 2.34. The first-order valence-electron chi connectivity index (χ1n) is 7.35. The zero-order chi connectivity index (χ0) is 14.5. The van der Waals surface area contributed by atoms with Gasteiger partial charge in [0.05, 0.1) is 0 Å². The molecule has 1 aliphatic rings. The number of benzene rings is 1. The van der Waals surface area contributed by atoms with Crippen molar-refractivity contribution < 1.29 is 9.18 Å². The number of nitrogens with zero attached hydrogens (tertiary/aromatic N) is 1. The molecule has 1 amide bonds. The fraction of sp³-hybridized carbons (Fsp3) is 0.562. The summed E-state index contributed by atoms with van der Waals surface area (Å²) in [4.78, 5) is 14.2. The summed E-state index contributed by atoms with van der Waals surface area (Å²) >= 11 is 0. The van der Waals surface area contributed by atoms with E-state index in [9.17, 15) is 9.18 Å². The SMILES string of the molecule is C[C@H](CCc1ccccc1F)C(=O)N1CCC[C@@H](N)C1. The molecule has 3 nitrogen and oxygen atoms in total. The van der Waals surface area contributed by atoms with E-state index in [-0.39, 0.29) is 23.7 Å². The Labute approximate surface area is 120 Å². The highest BCUT2D eigenvalue weighted by Crippen LogP contribution is 2.17. The number of carbonyl (C=O) groups excluding carboxylic acids is 1. The van der Waals surface area contributed by atoms with Crippen molar-refractivity contribution in [3.05, 3.63) is 35.6 Å². The van der Waals surface area contributed by atoms with Crippen LogP contribution in [-0.2, 0) is 11.2 Å². The Balaban J connectivity index is 1.86. The van der Waals surface area contributed by atoms with E-state index in [4.69, 9.17) is 5.73 Å². The number of halogens is 1. The molecule has 20 heavy (non-hydrogen) atoms. The molecule has 110 valence electrons. The van der Waals surface area contributed by atoms with Crippen LogP contribution in [-0.4, -0.2) is 29.9 Å². The summed E-state index contributed by atoms with van der Waals surface area (Å²) in [6, 6.07) is 6.86. The lowest BCUT2D eigenvalue weighted by Crippen LogP contribution is -2.47. The summed E-state index contributed by atoms with van der Waals surface area (Å²) < 4.78 is 13.5. The van der Waals surface area contributed by atoms with E-state index in [0.29, 0.717) is 24.9 Å². The van der Waals surface area contributed by atoms with Gasteiger partial charge >= 0.3 is 0 Å². The Morgan fingerprint density at radius 1 is 1.50 bits per heavy atom. The van der Waals surface area contributed by atoms with E-state index in [0.717, 1.165) is 19.4 Å². The molecule has 0 saturated carbocycles. The minimum absolute atomic E-state index is 0.0834. The normalized spacial score (nSPS) is 20.8. The van der Waals surface area contributed by atoms with Crippen molar-refractivity contribution in [1.29, 1.82) is 0 Å². The first-order valence-corrected chi connectivity index (χ1v) is 7.35. The van der Waals surface area contributed by atoms with Crippen molar-refractivity contribution in [2.75, 3.05) is 13.1 Å². The number of hydrogen-bond donors (Lipinski definition) is 1. The smallest absolute Gasteiger partial charge is 0.225 e. The van der Waals surface area contributed by atoms with Crippen molar-refractivity contribution in [2.45, 2.75) is 38.6 Å². The van der Waals surface area contributed by atoms with Crippen molar-refractivity contribution in [2.24, 2.45) is 11.7 Å². The van der Waals surface area contributed by atoms with Crippen LogP contribution in [0.2, 0.25) is 0 Å². The predicted molar refractivity (Wildman–Crippen MR) is 77.7 cm³/mol. The topological polar surface area (TPSA) is 46.3 Å². The fourth-order valence-electron chi connectivity index (χ4n) is 2.72. The number of nitrogens with two attached hydrogens (primary N) is 1. The van der Waals surface area contributed by atoms with Crippen LogP contribution in [0.5, 0.6) is 0 Å². The standard InChI is InChI=1S/C16H23FN2O/c1-12(8-9-13-5-2-3-7-15(13)17)16(20)19-10-4-6-14(18)11-19/h2-3,5,7,12,14H,4,6,8-11,18H2,1H3/t12-,14-/m1/s1. The maximum absolute atomic E-state index is 13.5. The van der Waals surface area contributed by atoms with Crippen molar-refractivity contribution in [1.82, 2.24) is 4.90 Å². The summed E-state index contributed by atoms with van der Waals surface area (Å²) in [5.41, 5.74) is 6.59. The van der Waals surface area contributed by atoms with Gasteiger partial charge < -0.3 is 10.6 Å². The van der Waals surface area contributed by atoms with Crippen LogP contribution in [0.4, 0.5) is 4.39 Å². The molecular formula is C16H23FN2O. The molecule has 1 heterocycles. The lowest BCUT2D eigenvalue weighted by atomic mass is 9.98. The third-order valence-corrected chi connectivity index (χ3v) is 4.00. The van der Waals surface area contributed by atoms with Crippen LogP contribution in [0.3, 0.4) is 0 Å². The Morgan fingerprint density at radius 3 is 2.95 bits per heavy atom. The molecule has 2 rings (SSSR count). The number of carbonyl (C=O) groups is 1. The molecule has 1 aliphatic heterocycles. The molecule has 0 spiro atoms. The van der Waals surface area contributed by atoms with E-state index in [1.165, 1.54) is 6.07 Å². The molecule has 0 radical (unpaired) electrons. The molecule has 0 aromatic heterocycles. The number of rotatable bonds is 4. The largest absolute Gasteiger partial charge is 0.341 e. The van der Waals surface area contributed by atoms with Gasteiger partial charge in [-0.15, -0.1) is 0 Å². The van der Waals surface area contributed by atoms with Crippen LogP contribution < -0.4 is 5.73 Å². The molecule has 1 aromatic rings. The summed E-state index contributed by atoms with van der Waals surface area (Å²) in [5.74, 6) is -0.122. The van der Waals surface area contributed by atoms with E-state index >= 15 is 0 Å². The van der Waals surface area contributed by atoms with Crippen molar-refractivity contribution >= 4 is 5.91 Å². The van der Waals surface area contributed by atoms with Gasteiger partial charge in [0.2, 0.25) is 5.91 Å². The molecule has 0 aliphatic carbocycles. The zero-order valence-electron chi connectivity index (χ0n) is 12.0. The van der Waals surface area contributed by atoms with E-state index < -0.39 is 0 Å². The Bertz CT molecular complexity index is 464. The number of piperidine rings is 1. The molecule has 1 saturated heterocycles. The Hall–Kier alpha value is -1.42. The zero-order valence-corrected chi connectivity index (χ0v) is 12.0. The monoisotopic (exact) mass is 278 g/mol. The van der Waals surface area contributed by atoms with Gasteiger partial charge in [-0.3, -0.25) is 4.79 Å². The summed E-state index contributed by atoms with van der Waals surface area (Å²) in [6.07, 6.45) is 3.24. The molecule has 4 heteroatoms. The van der Waals surface area contributed by atoms with Gasteiger partial charge in [-0.25, -0.2) is 4.39 Å². The highest BCUT2D eigenvalue weighted by atomic mass is 19.1. The maximum atomic E-state index is 13.5. The van der Waals surface area contributed by atoms with E-state index in [2.05, 4.69) is 0 Å². The van der Waals surface area contributed by atoms with Gasteiger partial charge in [-0.2, -0.15) is 0 Å². The minimum Gasteiger partial charge on any atom is -0.341 e. The second kappa shape index (κ2) is 6.84. The second-order valence-electron chi connectivity index (χ2n) is 5.72. The second-order valence-corrected chi connectivity index (χ2v) is 5.72. The molecule has 0 unspecified atom stereocenters. The first kappa shape index (κ1) is 15.0. The number of amides is 1. The van der Waals surface area contributed by atoms with Gasteiger partial charge in [0.25, 0.3) is 0 Å². The van der Waals surface area contributed by atoms with Crippen LogP contribution in [0.1, 0.15) is 31.7 Å². The first-order chi connectivity index (χ1) is 9.58. The average molecular weight is 278 g/mol. The van der Waals surface area contributed by atoms with Crippen LogP contribution >= 0.6 is 0 Å². The van der Waals surface area contributed by atoms with E-state index in [1.807, 2.05) is 17.9 Å². The lowest BCUT2D eigenvalue weighted by Gasteiger charge is -2.32. The highest BCUT2D eigenvalue weighted by molar-refractivity contribution is 5.78. The number of hydrogen-bond acceptors (Lipinski definition) is 2. The van der Waals surface area contributed by atoms with Gasteiger partial charge in [0.1, 0.15) is 5.82 Å². The fourth-order valence-corrected chi connectivity index (χ4v) is 2.72. The third kappa shape index (κ3) is 3.79. The molecular weight excluding hydrogens is 255 g/mol. The molecule has 1 aromatic carbocycles. The van der Waals surface area contributed by atoms with Crippen LogP contribution in [0, 0.1) is 11.7 Å². The van der Waals surface area contributed by atoms with Gasteiger partial charge in [-0.05, 0) is 37.3 Å². The van der Waals surface area contributed by atoms with Crippen LogP contribution in [0.15, 0.2) is 24.3 Å². The minimum atomic E-state index is -0.188. The molecule has 2 atom stereocenters. The van der Waals surface area contributed by atoms with Gasteiger partial charge in [0, 0.05) is 25.0 Å². The van der Waals surface area contributed by atoms with Gasteiger partial charge in [0.15, 0.2) is 0 Å². The Morgan fingerprint density at radius 2 is 2.25 bits per heavy atom. The molecule has 1 fully saturated rings. The van der Waals surface area contributed by atoms with Crippen molar-refractivity contribution in [3.8, 4) is 0 Å². The molecule has 0 bridgehead atoms. The summed E-state index contributed by atoms with van der Waals surface area (Å²) in [5, 5.41) is 0. The van der Waals surface area contributed by atoms with Crippen LogP contribution in [0.25, 0.3) is 0 Å². The summed E-state index contributed by atoms with van der Waals surface area (Å²) in [7, 11) is 0. The number of likely N-dealkylation sites (tertiary alicyclic amines) is 1. The quantitative estimate of drug-likeness (QED) is 0.919. The van der Waals surface area contributed by atoms with E-state index in [1.54, 1.807) is 12.1 Å². The van der Waals surface area contributed by atoms with Gasteiger partial charge in [-0.1, -0.05) is 25.1 Å². The third-order valence-electron chi connectivity index (χ3n) is 4.00. The average Bonchev–Trinajstić information content (AvgIpc) is 2.45. The highest BCUT2D eigenvalue weighted by Gasteiger charge is 2.25. The lowest BCUT2D eigenvalue weighted by molar-refractivity contribution is -0.136. The molecule has 2 N–H and O–H groups in total. The number of aryl methyl sites for hydroxylation is 1. The summed E-state index contributed by atoms with van der Waals surface area (Å²) in [6.45, 7) is 3.38. The van der Waals surface area contributed by atoms with Crippen molar-refractivity contribution in [3.63, 3.8) is 0 Å².